The topological polar surface area (TPSA) is 34.1 Å². The van der Waals surface area contributed by atoms with Crippen LogP contribution in [0.4, 0.5) is 0 Å². The normalized spacial score (nSPS) is 10.9. The van der Waals surface area contributed by atoms with E-state index in [1.54, 1.807) is 18.5 Å². The summed E-state index contributed by atoms with van der Waals surface area (Å²) in [5.74, 6) is 1.78. The summed E-state index contributed by atoms with van der Waals surface area (Å²) in [6.45, 7) is 6.12. The molecule has 1 N–H and O–H groups in total. The van der Waals surface area contributed by atoms with Crippen molar-refractivity contribution in [2.45, 2.75) is 20.4 Å². The standard InChI is InChI=1S/C16H18Cl2N2O/c1-11(2)7-19-8-12-3-4-16(15(18)5-12)21-14-6-13(17)9-20-10-14/h3-6,9-11,19H,7-8H2,1-2H3. The minimum atomic E-state index is 0.526. The van der Waals surface area contributed by atoms with Crippen LogP contribution in [0.2, 0.25) is 10.0 Å². The Morgan fingerprint density at radius 1 is 1.19 bits per heavy atom. The predicted molar refractivity (Wildman–Crippen MR) is 87.3 cm³/mol. The summed E-state index contributed by atoms with van der Waals surface area (Å²) in [6, 6.07) is 7.45. The zero-order chi connectivity index (χ0) is 15.2. The third kappa shape index (κ3) is 5.20. The van der Waals surface area contributed by atoms with Gasteiger partial charge in [-0.3, -0.25) is 4.98 Å². The van der Waals surface area contributed by atoms with E-state index in [4.69, 9.17) is 27.9 Å². The van der Waals surface area contributed by atoms with Gasteiger partial charge in [0, 0.05) is 18.8 Å². The first kappa shape index (κ1) is 16.1. The SMILES string of the molecule is CC(C)CNCc1ccc(Oc2cncc(Cl)c2)c(Cl)c1. The van der Waals surface area contributed by atoms with Gasteiger partial charge < -0.3 is 10.1 Å². The molecule has 0 unspecified atom stereocenters. The fraction of sp³-hybridized carbons (Fsp3) is 0.312. The van der Waals surface area contributed by atoms with Crippen LogP contribution in [-0.4, -0.2) is 11.5 Å². The van der Waals surface area contributed by atoms with Gasteiger partial charge in [-0.15, -0.1) is 0 Å². The Bertz CT molecular complexity index is 603. The van der Waals surface area contributed by atoms with E-state index < -0.39 is 0 Å². The van der Waals surface area contributed by atoms with Gasteiger partial charge >= 0.3 is 0 Å². The van der Waals surface area contributed by atoms with E-state index in [1.165, 1.54) is 0 Å². The van der Waals surface area contributed by atoms with Crippen molar-refractivity contribution in [1.82, 2.24) is 10.3 Å². The van der Waals surface area contributed by atoms with Crippen LogP contribution in [0, 0.1) is 5.92 Å². The molecule has 0 atom stereocenters. The molecule has 2 rings (SSSR count). The second-order valence-corrected chi connectivity index (χ2v) is 6.07. The average Bonchev–Trinajstić information content (AvgIpc) is 2.41. The number of aromatic nitrogens is 1. The smallest absolute Gasteiger partial charge is 0.147 e. The summed E-state index contributed by atoms with van der Waals surface area (Å²) in [4.78, 5) is 3.97. The lowest BCUT2D eigenvalue weighted by Crippen LogP contribution is -2.18. The van der Waals surface area contributed by atoms with Gasteiger partial charge in [0.15, 0.2) is 0 Å². The van der Waals surface area contributed by atoms with Gasteiger partial charge in [0.1, 0.15) is 11.5 Å². The molecule has 0 saturated carbocycles. The number of halogens is 2. The highest BCUT2D eigenvalue weighted by molar-refractivity contribution is 6.32. The lowest BCUT2D eigenvalue weighted by molar-refractivity contribution is 0.480. The van der Waals surface area contributed by atoms with Gasteiger partial charge in [-0.25, -0.2) is 0 Å². The highest BCUT2D eigenvalue weighted by Crippen LogP contribution is 2.30. The first-order valence-electron chi connectivity index (χ1n) is 6.82. The average molecular weight is 325 g/mol. The van der Waals surface area contributed by atoms with Crippen molar-refractivity contribution < 1.29 is 4.74 Å². The number of pyridine rings is 1. The van der Waals surface area contributed by atoms with Crippen LogP contribution in [0.15, 0.2) is 36.7 Å². The fourth-order valence-corrected chi connectivity index (χ4v) is 2.22. The minimum Gasteiger partial charge on any atom is -0.454 e. The van der Waals surface area contributed by atoms with Crippen LogP contribution in [0.3, 0.4) is 0 Å². The van der Waals surface area contributed by atoms with Gasteiger partial charge in [0.25, 0.3) is 0 Å². The zero-order valence-electron chi connectivity index (χ0n) is 12.1. The lowest BCUT2D eigenvalue weighted by Gasteiger charge is -2.11. The van der Waals surface area contributed by atoms with Crippen molar-refractivity contribution in [3.63, 3.8) is 0 Å². The number of hydrogen-bond acceptors (Lipinski definition) is 3. The number of benzene rings is 1. The lowest BCUT2D eigenvalue weighted by atomic mass is 10.2. The first-order valence-corrected chi connectivity index (χ1v) is 7.57. The van der Waals surface area contributed by atoms with Crippen molar-refractivity contribution in [2.24, 2.45) is 5.92 Å². The summed E-state index contributed by atoms with van der Waals surface area (Å²) in [5.41, 5.74) is 1.12. The molecule has 2 aromatic rings. The Kier molecular flexibility index (Phi) is 5.85. The van der Waals surface area contributed by atoms with Gasteiger partial charge in [0.05, 0.1) is 16.2 Å². The van der Waals surface area contributed by atoms with Gasteiger partial charge in [-0.1, -0.05) is 43.1 Å². The highest BCUT2D eigenvalue weighted by atomic mass is 35.5. The molecule has 0 fully saturated rings. The van der Waals surface area contributed by atoms with Crippen molar-refractivity contribution in [3.8, 4) is 11.5 Å². The molecule has 0 aliphatic carbocycles. The van der Waals surface area contributed by atoms with Gasteiger partial charge in [0.2, 0.25) is 0 Å². The number of hydrogen-bond donors (Lipinski definition) is 1. The molecule has 21 heavy (non-hydrogen) atoms. The predicted octanol–water partition coefficient (Wildman–Crippen LogP) is 4.93. The van der Waals surface area contributed by atoms with Crippen molar-refractivity contribution in [1.29, 1.82) is 0 Å². The largest absolute Gasteiger partial charge is 0.454 e. The van der Waals surface area contributed by atoms with Crippen molar-refractivity contribution >= 4 is 23.2 Å². The van der Waals surface area contributed by atoms with E-state index in [0.29, 0.717) is 27.5 Å². The van der Waals surface area contributed by atoms with Gasteiger partial charge in [-0.05, 0) is 30.2 Å². The maximum absolute atomic E-state index is 6.25. The molecule has 0 saturated heterocycles. The molecule has 0 aliphatic rings. The monoisotopic (exact) mass is 324 g/mol. The minimum absolute atomic E-state index is 0.526. The Hall–Kier alpha value is -1.29. The number of ether oxygens (including phenoxy) is 1. The molecule has 1 aromatic carbocycles. The Morgan fingerprint density at radius 2 is 2.00 bits per heavy atom. The van der Waals surface area contributed by atoms with E-state index in [2.05, 4.69) is 24.1 Å². The van der Waals surface area contributed by atoms with Crippen LogP contribution >= 0.6 is 23.2 Å². The van der Waals surface area contributed by atoms with E-state index in [-0.39, 0.29) is 0 Å². The molecule has 0 aliphatic heterocycles. The molecule has 1 aromatic heterocycles. The maximum Gasteiger partial charge on any atom is 0.147 e. The Morgan fingerprint density at radius 3 is 2.67 bits per heavy atom. The Labute approximate surface area is 135 Å². The fourth-order valence-electron chi connectivity index (χ4n) is 1.82. The molecule has 0 amide bonds. The van der Waals surface area contributed by atoms with E-state index in [9.17, 15) is 0 Å². The number of nitrogens with one attached hydrogen (secondary N) is 1. The van der Waals surface area contributed by atoms with Crippen LogP contribution < -0.4 is 10.1 Å². The summed E-state index contributed by atoms with van der Waals surface area (Å²) >= 11 is 12.1. The quantitative estimate of drug-likeness (QED) is 0.818. The summed E-state index contributed by atoms with van der Waals surface area (Å²) in [5, 5.41) is 4.47. The van der Waals surface area contributed by atoms with Crippen LogP contribution in [0.25, 0.3) is 0 Å². The van der Waals surface area contributed by atoms with E-state index in [1.807, 2.05) is 18.2 Å². The van der Waals surface area contributed by atoms with Crippen molar-refractivity contribution in [2.75, 3.05) is 6.54 Å². The molecule has 1 heterocycles. The molecule has 0 bridgehead atoms. The van der Waals surface area contributed by atoms with Crippen LogP contribution in [0.5, 0.6) is 11.5 Å². The Balaban J connectivity index is 2.02. The molecule has 5 heteroatoms. The molecule has 112 valence electrons. The second kappa shape index (κ2) is 7.64. The molecule has 0 spiro atoms. The van der Waals surface area contributed by atoms with Crippen molar-refractivity contribution in [3.05, 3.63) is 52.3 Å². The third-order valence-electron chi connectivity index (χ3n) is 2.79. The summed E-state index contributed by atoms with van der Waals surface area (Å²) < 4.78 is 5.69. The first-order chi connectivity index (χ1) is 10.0. The molecular weight excluding hydrogens is 307 g/mol. The zero-order valence-corrected chi connectivity index (χ0v) is 13.6. The van der Waals surface area contributed by atoms with Gasteiger partial charge in [-0.2, -0.15) is 0 Å². The molecule has 3 nitrogen and oxygen atoms in total. The number of rotatable bonds is 6. The van der Waals surface area contributed by atoms with Crippen LogP contribution in [-0.2, 0) is 6.54 Å². The van der Waals surface area contributed by atoms with E-state index >= 15 is 0 Å². The maximum atomic E-state index is 6.25. The van der Waals surface area contributed by atoms with E-state index in [0.717, 1.165) is 18.7 Å². The molecular formula is C16H18Cl2N2O. The second-order valence-electron chi connectivity index (χ2n) is 5.23. The third-order valence-corrected chi connectivity index (χ3v) is 3.29. The number of nitrogens with zero attached hydrogens (tertiary/aromatic N) is 1. The highest BCUT2D eigenvalue weighted by Gasteiger charge is 2.06. The van der Waals surface area contributed by atoms with Crippen LogP contribution in [0.1, 0.15) is 19.4 Å². The molecule has 0 radical (unpaired) electrons. The summed E-state index contributed by atoms with van der Waals surface area (Å²) in [6.07, 6.45) is 3.15. The summed E-state index contributed by atoms with van der Waals surface area (Å²) in [7, 11) is 0.